The predicted octanol–water partition coefficient (Wildman–Crippen LogP) is 5.48. The SMILES string of the molecule is CC1(C)[C@@H]2CC[C@@]1(C)[C@H](NC(=O)C1(c3ccc(Cl)cc3)CCCC1)C2. The first-order valence-electron chi connectivity index (χ1n) is 9.87. The van der Waals surface area contributed by atoms with E-state index in [1.807, 2.05) is 12.1 Å². The highest BCUT2D eigenvalue weighted by atomic mass is 35.5. The van der Waals surface area contributed by atoms with Crippen LogP contribution in [0, 0.1) is 16.7 Å². The summed E-state index contributed by atoms with van der Waals surface area (Å²) in [5.41, 5.74) is 1.34. The van der Waals surface area contributed by atoms with E-state index in [4.69, 9.17) is 11.6 Å². The van der Waals surface area contributed by atoms with E-state index < -0.39 is 0 Å². The van der Waals surface area contributed by atoms with E-state index in [2.05, 4.69) is 38.2 Å². The number of benzene rings is 1. The van der Waals surface area contributed by atoms with E-state index in [9.17, 15) is 4.79 Å². The number of halogens is 1. The minimum absolute atomic E-state index is 0.229. The normalized spacial score (nSPS) is 35.0. The maximum Gasteiger partial charge on any atom is 0.230 e. The van der Waals surface area contributed by atoms with Crippen LogP contribution in [-0.4, -0.2) is 11.9 Å². The Morgan fingerprint density at radius 3 is 2.24 bits per heavy atom. The van der Waals surface area contributed by atoms with Gasteiger partial charge in [0.2, 0.25) is 5.91 Å². The topological polar surface area (TPSA) is 29.1 Å². The third-order valence-electron chi connectivity index (χ3n) is 8.39. The molecule has 2 nitrogen and oxygen atoms in total. The van der Waals surface area contributed by atoms with Crippen LogP contribution in [0.25, 0.3) is 0 Å². The van der Waals surface area contributed by atoms with Gasteiger partial charge in [-0.2, -0.15) is 0 Å². The maximum atomic E-state index is 13.5. The fourth-order valence-corrected chi connectivity index (χ4v) is 6.24. The molecule has 2 bridgehead atoms. The molecule has 0 heterocycles. The van der Waals surface area contributed by atoms with Crippen molar-refractivity contribution < 1.29 is 4.79 Å². The molecule has 0 unspecified atom stereocenters. The van der Waals surface area contributed by atoms with Gasteiger partial charge in [-0.3, -0.25) is 4.79 Å². The quantitative estimate of drug-likeness (QED) is 0.760. The second-order valence-corrected chi connectivity index (χ2v) is 9.87. The highest BCUT2D eigenvalue weighted by Crippen LogP contribution is 2.65. The number of hydrogen-bond acceptors (Lipinski definition) is 1. The molecule has 136 valence electrons. The summed E-state index contributed by atoms with van der Waals surface area (Å²) in [4.78, 5) is 13.5. The van der Waals surface area contributed by atoms with E-state index >= 15 is 0 Å². The van der Waals surface area contributed by atoms with Gasteiger partial charge in [0, 0.05) is 11.1 Å². The number of fused-ring (bicyclic) bond motifs is 2. The molecule has 0 spiro atoms. The number of carbonyl (C=O) groups excluding carboxylic acids is 1. The van der Waals surface area contributed by atoms with Crippen LogP contribution < -0.4 is 5.32 Å². The summed E-state index contributed by atoms with van der Waals surface area (Å²) in [7, 11) is 0. The minimum Gasteiger partial charge on any atom is -0.352 e. The Morgan fingerprint density at radius 2 is 1.72 bits per heavy atom. The van der Waals surface area contributed by atoms with Gasteiger partial charge in [-0.25, -0.2) is 0 Å². The van der Waals surface area contributed by atoms with Gasteiger partial charge in [-0.05, 0) is 66.5 Å². The number of nitrogens with one attached hydrogen (secondary N) is 1. The maximum absolute atomic E-state index is 13.5. The molecule has 1 N–H and O–H groups in total. The lowest BCUT2D eigenvalue weighted by atomic mass is 9.68. The van der Waals surface area contributed by atoms with Crippen LogP contribution in [0.15, 0.2) is 24.3 Å². The average molecular weight is 360 g/mol. The molecule has 1 amide bonds. The van der Waals surface area contributed by atoms with Crippen LogP contribution in [0.4, 0.5) is 0 Å². The zero-order chi connectivity index (χ0) is 17.9. The van der Waals surface area contributed by atoms with E-state index in [0.29, 0.717) is 11.5 Å². The van der Waals surface area contributed by atoms with Crippen LogP contribution in [0.1, 0.15) is 71.3 Å². The van der Waals surface area contributed by atoms with Crippen molar-refractivity contribution in [2.75, 3.05) is 0 Å². The van der Waals surface area contributed by atoms with Crippen molar-refractivity contribution >= 4 is 17.5 Å². The molecule has 3 fully saturated rings. The Morgan fingerprint density at radius 1 is 1.08 bits per heavy atom. The standard InChI is InChI=1S/C22H30ClNO/c1-20(2)16-10-13-21(20,3)18(14-16)24-19(25)22(11-4-5-12-22)15-6-8-17(23)9-7-15/h6-9,16,18H,4-5,10-14H2,1-3H3,(H,24,25)/t16-,18-,21+/m1/s1. The lowest BCUT2D eigenvalue weighted by Crippen LogP contribution is -2.52. The van der Waals surface area contributed by atoms with E-state index in [0.717, 1.165) is 48.6 Å². The first-order valence-corrected chi connectivity index (χ1v) is 10.2. The minimum atomic E-state index is -0.354. The Kier molecular flexibility index (Phi) is 3.99. The van der Waals surface area contributed by atoms with Crippen molar-refractivity contribution in [3.05, 3.63) is 34.9 Å². The molecule has 0 aliphatic heterocycles. The number of carbonyl (C=O) groups is 1. The third-order valence-corrected chi connectivity index (χ3v) is 8.64. The summed E-state index contributed by atoms with van der Waals surface area (Å²) in [5.74, 6) is 1.000. The van der Waals surface area contributed by atoms with E-state index in [1.165, 1.54) is 12.8 Å². The van der Waals surface area contributed by atoms with E-state index in [1.54, 1.807) is 0 Å². The number of amides is 1. The largest absolute Gasteiger partial charge is 0.352 e. The van der Waals surface area contributed by atoms with E-state index in [-0.39, 0.29) is 16.7 Å². The van der Waals surface area contributed by atoms with Gasteiger partial charge >= 0.3 is 0 Å². The van der Waals surface area contributed by atoms with Gasteiger partial charge in [0.1, 0.15) is 0 Å². The zero-order valence-electron chi connectivity index (χ0n) is 15.7. The first kappa shape index (κ1) is 17.4. The van der Waals surface area contributed by atoms with Gasteiger partial charge in [0.15, 0.2) is 0 Å². The van der Waals surface area contributed by atoms with Gasteiger partial charge in [-0.1, -0.05) is 57.3 Å². The van der Waals surface area contributed by atoms with Crippen LogP contribution in [-0.2, 0) is 10.2 Å². The molecule has 1 aromatic carbocycles. The Balaban J connectivity index is 1.60. The van der Waals surface area contributed by atoms with Crippen molar-refractivity contribution in [3.63, 3.8) is 0 Å². The fourth-order valence-electron chi connectivity index (χ4n) is 6.11. The van der Waals surface area contributed by atoms with Gasteiger partial charge in [0.25, 0.3) is 0 Å². The van der Waals surface area contributed by atoms with Crippen molar-refractivity contribution in [1.82, 2.24) is 5.32 Å². The molecule has 3 aliphatic rings. The third kappa shape index (κ3) is 2.40. The van der Waals surface area contributed by atoms with Gasteiger partial charge < -0.3 is 5.32 Å². The highest BCUT2D eigenvalue weighted by molar-refractivity contribution is 6.30. The van der Waals surface area contributed by atoms with Crippen molar-refractivity contribution in [3.8, 4) is 0 Å². The summed E-state index contributed by atoms with van der Waals surface area (Å²) in [6.45, 7) is 7.21. The number of hydrogen-bond donors (Lipinski definition) is 1. The van der Waals surface area contributed by atoms with Crippen LogP contribution in [0.2, 0.25) is 5.02 Å². The van der Waals surface area contributed by atoms with Crippen LogP contribution in [0.3, 0.4) is 0 Å². The first-order chi connectivity index (χ1) is 11.8. The Hall–Kier alpha value is -1.02. The summed E-state index contributed by atoms with van der Waals surface area (Å²) >= 11 is 6.07. The monoisotopic (exact) mass is 359 g/mol. The van der Waals surface area contributed by atoms with Gasteiger partial charge in [-0.15, -0.1) is 0 Å². The molecule has 3 aliphatic carbocycles. The molecular formula is C22H30ClNO. The smallest absolute Gasteiger partial charge is 0.230 e. The molecule has 0 saturated heterocycles. The average Bonchev–Trinajstić information content (AvgIpc) is 3.20. The van der Waals surface area contributed by atoms with Crippen molar-refractivity contribution in [2.45, 2.75) is 77.2 Å². The predicted molar refractivity (Wildman–Crippen MR) is 103 cm³/mol. The zero-order valence-corrected chi connectivity index (χ0v) is 16.5. The Labute approximate surface area is 156 Å². The molecular weight excluding hydrogens is 330 g/mol. The molecule has 0 aromatic heterocycles. The molecule has 4 rings (SSSR count). The van der Waals surface area contributed by atoms with Crippen molar-refractivity contribution in [2.24, 2.45) is 16.7 Å². The lowest BCUT2D eigenvalue weighted by molar-refractivity contribution is -0.128. The fraction of sp³-hybridized carbons (Fsp3) is 0.682. The Bertz CT molecular complexity index is 674. The summed E-state index contributed by atoms with van der Waals surface area (Å²) in [5, 5.41) is 4.27. The van der Waals surface area contributed by atoms with Gasteiger partial charge in [0.05, 0.1) is 5.41 Å². The molecule has 3 saturated carbocycles. The number of rotatable bonds is 3. The molecule has 0 radical (unpaired) electrons. The summed E-state index contributed by atoms with van der Waals surface area (Å²) in [6.07, 6.45) is 7.87. The second-order valence-electron chi connectivity index (χ2n) is 9.43. The molecule has 3 atom stereocenters. The second kappa shape index (κ2) is 5.74. The summed E-state index contributed by atoms with van der Waals surface area (Å²) in [6, 6.07) is 8.27. The highest BCUT2D eigenvalue weighted by Gasteiger charge is 2.62. The van der Waals surface area contributed by atoms with Crippen molar-refractivity contribution in [1.29, 1.82) is 0 Å². The van der Waals surface area contributed by atoms with Crippen LogP contribution in [0.5, 0.6) is 0 Å². The summed E-state index contributed by atoms with van der Waals surface area (Å²) < 4.78 is 0. The lowest BCUT2D eigenvalue weighted by Gasteiger charge is -2.41. The molecule has 25 heavy (non-hydrogen) atoms. The molecule has 3 heteroatoms. The molecule has 1 aromatic rings. The van der Waals surface area contributed by atoms with Crippen LogP contribution >= 0.6 is 11.6 Å².